The zero-order valence-electron chi connectivity index (χ0n) is 14.3. The molecule has 2 aromatic carbocycles. The van der Waals surface area contributed by atoms with Crippen LogP contribution in [0.5, 0.6) is 0 Å². The maximum Gasteiger partial charge on any atom is 0.209 e. The Morgan fingerprint density at radius 2 is 1.81 bits per heavy atom. The van der Waals surface area contributed by atoms with Crippen molar-refractivity contribution >= 4 is 28.2 Å². The van der Waals surface area contributed by atoms with Gasteiger partial charge in [-0.05, 0) is 35.6 Å². The van der Waals surface area contributed by atoms with Crippen molar-refractivity contribution in [2.24, 2.45) is 0 Å². The van der Waals surface area contributed by atoms with Crippen molar-refractivity contribution in [1.82, 2.24) is 10.2 Å². The summed E-state index contributed by atoms with van der Waals surface area (Å²) < 4.78 is 1.02. The largest absolute Gasteiger partial charge is 0.347 e. The second-order valence-electron chi connectivity index (χ2n) is 6.19. The van der Waals surface area contributed by atoms with Gasteiger partial charge in [0.25, 0.3) is 0 Å². The molecule has 1 saturated heterocycles. The molecule has 0 bridgehead atoms. The molecule has 1 aromatic heterocycles. The number of aromatic nitrogens is 2. The number of hydrogen-bond acceptors (Lipinski definition) is 6. The molecule has 3 aromatic rings. The molecule has 0 amide bonds. The molecule has 130 valence electrons. The summed E-state index contributed by atoms with van der Waals surface area (Å²) in [6.45, 7) is 2.20. The van der Waals surface area contributed by atoms with E-state index in [1.807, 2.05) is 24.3 Å². The number of anilines is 1. The number of nitrogens with zero attached hydrogens (tertiary/aromatic N) is 4. The van der Waals surface area contributed by atoms with E-state index < -0.39 is 0 Å². The minimum atomic E-state index is 0.706. The molecule has 1 fully saturated rings. The van der Waals surface area contributed by atoms with Gasteiger partial charge < -0.3 is 4.90 Å². The van der Waals surface area contributed by atoms with E-state index in [9.17, 15) is 5.26 Å². The molecule has 1 aliphatic heterocycles. The summed E-state index contributed by atoms with van der Waals surface area (Å²) in [6, 6.07) is 18.4. The van der Waals surface area contributed by atoms with E-state index in [0.717, 1.165) is 39.4 Å². The molecule has 26 heavy (non-hydrogen) atoms. The Bertz CT molecular complexity index is 921. The number of rotatable bonds is 5. The molecule has 0 saturated carbocycles. The van der Waals surface area contributed by atoms with Crippen LogP contribution in [-0.4, -0.2) is 23.3 Å². The van der Waals surface area contributed by atoms with Gasteiger partial charge in [-0.3, -0.25) is 0 Å². The van der Waals surface area contributed by atoms with Gasteiger partial charge in [0.05, 0.1) is 11.6 Å². The molecule has 0 atom stereocenters. The Balaban J connectivity index is 1.41. The Labute approximate surface area is 161 Å². The highest BCUT2D eigenvalue weighted by molar-refractivity contribution is 8.00. The van der Waals surface area contributed by atoms with Gasteiger partial charge in [-0.2, -0.15) is 5.26 Å². The zero-order valence-corrected chi connectivity index (χ0v) is 15.9. The zero-order chi connectivity index (χ0) is 17.8. The highest BCUT2D eigenvalue weighted by atomic mass is 32.2. The average molecular weight is 379 g/mol. The summed E-state index contributed by atoms with van der Waals surface area (Å²) in [6.07, 6.45) is 2.51. The molecule has 0 unspecified atom stereocenters. The summed E-state index contributed by atoms with van der Waals surface area (Å²) in [5.41, 5.74) is 4.00. The number of thioether (sulfide) groups is 1. The van der Waals surface area contributed by atoms with Gasteiger partial charge in [-0.1, -0.05) is 65.6 Å². The Morgan fingerprint density at radius 3 is 2.58 bits per heavy atom. The van der Waals surface area contributed by atoms with Gasteiger partial charge in [0.1, 0.15) is 0 Å². The Morgan fingerprint density at radius 1 is 1.04 bits per heavy atom. The first-order valence-electron chi connectivity index (χ1n) is 8.63. The van der Waals surface area contributed by atoms with Crippen molar-refractivity contribution in [2.75, 3.05) is 18.0 Å². The second kappa shape index (κ2) is 7.90. The molecule has 0 N–H and O–H groups in total. The van der Waals surface area contributed by atoms with Crippen molar-refractivity contribution < 1.29 is 0 Å². The van der Waals surface area contributed by atoms with Crippen LogP contribution in [0.2, 0.25) is 0 Å². The van der Waals surface area contributed by atoms with Gasteiger partial charge in [0.2, 0.25) is 5.13 Å². The van der Waals surface area contributed by atoms with Crippen LogP contribution >= 0.6 is 23.1 Å². The first-order chi connectivity index (χ1) is 12.8. The maximum absolute atomic E-state index is 9.26. The molecule has 2 heterocycles. The van der Waals surface area contributed by atoms with Crippen LogP contribution < -0.4 is 4.90 Å². The topological polar surface area (TPSA) is 52.8 Å². The molecule has 0 aliphatic carbocycles. The third kappa shape index (κ3) is 3.74. The number of nitriles is 1. The third-order valence-corrected chi connectivity index (χ3v) is 6.64. The van der Waals surface area contributed by atoms with E-state index in [2.05, 4.69) is 45.4 Å². The summed E-state index contributed by atoms with van der Waals surface area (Å²) in [5, 5.41) is 18.9. The van der Waals surface area contributed by atoms with Crippen molar-refractivity contribution in [3.63, 3.8) is 0 Å². The fraction of sp³-hybridized carbons (Fsp3) is 0.250. The van der Waals surface area contributed by atoms with Gasteiger partial charge in [-0.25, -0.2) is 0 Å². The van der Waals surface area contributed by atoms with E-state index in [-0.39, 0.29) is 0 Å². The van der Waals surface area contributed by atoms with Gasteiger partial charge in [0, 0.05) is 18.8 Å². The lowest BCUT2D eigenvalue weighted by atomic mass is 10.00. The van der Waals surface area contributed by atoms with Gasteiger partial charge in [-0.15, -0.1) is 10.2 Å². The van der Waals surface area contributed by atoms with Crippen molar-refractivity contribution in [3.05, 3.63) is 59.7 Å². The number of hydrogen-bond donors (Lipinski definition) is 0. The highest BCUT2D eigenvalue weighted by Crippen LogP contribution is 2.32. The minimum Gasteiger partial charge on any atom is -0.347 e. The van der Waals surface area contributed by atoms with E-state index in [4.69, 9.17) is 0 Å². The van der Waals surface area contributed by atoms with Crippen LogP contribution in [0.1, 0.15) is 24.0 Å². The summed E-state index contributed by atoms with van der Waals surface area (Å²) in [7, 11) is 0. The van der Waals surface area contributed by atoms with Crippen LogP contribution in [0.4, 0.5) is 5.13 Å². The molecule has 1 aliphatic rings. The molecule has 0 spiro atoms. The first kappa shape index (κ1) is 17.1. The molecule has 4 rings (SSSR count). The Kier molecular flexibility index (Phi) is 5.19. The van der Waals surface area contributed by atoms with Crippen molar-refractivity contribution in [2.45, 2.75) is 22.9 Å². The monoisotopic (exact) mass is 378 g/mol. The number of benzene rings is 2. The quantitative estimate of drug-likeness (QED) is 0.587. The molecule has 0 radical (unpaired) electrons. The van der Waals surface area contributed by atoms with Gasteiger partial charge >= 0.3 is 0 Å². The SMILES string of the molecule is N#Cc1ccccc1-c1ccc(CSc2nnc(N3CCCC3)s2)cc1. The van der Waals surface area contributed by atoms with Crippen LogP contribution in [-0.2, 0) is 5.75 Å². The van der Waals surface area contributed by atoms with Crippen LogP contribution in [0.3, 0.4) is 0 Å². The van der Waals surface area contributed by atoms with E-state index in [1.54, 1.807) is 23.1 Å². The third-order valence-electron chi connectivity index (χ3n) is 4.45. The smallest absolute Gasteiger partial charge is 0.209 e. The fourth-order valence-corrected chi connectivity index (χ4v) is 4.90. The summed E-state index contributed by atoms with van der Waals surface area (Å²) in [4.78, 5) is 2.32. The lowest BCUT2D eigenvalue weighted by Gasteiger charge is -2.10. The van der Waals surface area contributed by atoms with Crippen LogP contribution in [0.15, 0.2) is 52.9 Å². The van der Waals surface area contributed by atoms with E-state index in [1.165, 1.54) is 18.4 Å². The fourth-order valence-electron chi connectivity index (χ4n) is 3.05. The van der Waals surface area contributed by atoms with E-state index in [0.29, 0.717) is 5.56 Å². The Hall–Kier alpha value is -2.36. The lowest BCUT2D eigenvalue weighted by molar-refractivity contribution is 0.913. The van der Waals surface area contributed by atoms with E-state index >= 15 is 0 Å². The predicted octanol–water partition coefficient (Wildman–Crippen LogP) is 4.97. The van der Waals surface area contributed by atoms with Crippen molar-refractivity contribution in [3.8, 4) is 17.2 Å². The van der Waals surface area contributed by atoms with Crippen LogP contribution in [0.25, 0.3) is 11.1 Å². The second-order valence-corrected chi connectivity index (χ2v) is 8.37. The summed E-state index contributed by atoms with van der Waals surface area (Å²) in [5.74, 6) is 0.870. The van der Waals surface area contributed by atoms with Gasteiger partial charge in [0.15, 0.2) is 4.34 Å². The predicted molar refractivity (Wildman–Crippen MR) is 108 cm³/mol. The normalized spacial score (nSPS) is 13.7. The first-order valence-corrected chi connectivity index (χ1v) is 10.4. The molecule has 6 heteroatoms. The minimum absolute atomic E-state index is 0.706. The molecular formula is C20H18N4S2. The van der Waals surface area contributed by atoms with Crippen molar-refractivity contribution in [1.29, 1.82) is 5.26 Å². The standard InChI is InChI=1S/C20H18N4S2/c21-13-17-5-1-2-6-18(17)16-9-7-15(8-10-16)14-25-20-23-22-19(26-20)24-11-3-4-12-24/h1-2,5-10H,3-4,11-12,14H2. The molecule has 4 nitrogen and oxygen atoms in total. The highest BCUT2D eigenvalue weighted by Gasteiger charge is 2.16. The van der Waals surface area contributed by atoms with Crippen LogP contribution in [0, 0.1) is 11.3 Å². The summed E-state index contributed by atoms with van der Waals surface area (Å²) >= 11 is 3.41. The average Bonchev–Trinajstić information content (AvgIpc) is 3.38. The molecular weight excluding hydrogens is 360 g/mol. The maximum atomic E-state index is 9.26. The lowest BCUT2D eigenvalue weighted by Crippen LogP contribution is -2.17.